The number of sulfone groups is 1. The second kappa shape index (κ2) is 4.71. The van der Waals surface area contributed by atoms with Crippen LogP contribution in [0.3, 0.4) is 0 Å². The van der Waals surface area contributed by atoms with Crippen LogP contribution >= 0.6 is 15.9 Å². The Bertz CT molecular complexity index is 454. The summed E-state index contributed by atoms with van der Waals surface area (Å²) in [5.41, 5.74) is 0. The molecule has 0 aliphatic rings. The summed E-state index contributed by atoms with van der Waals surface area (Å²) in [5.74, 6) is 0.667. The number of rotatable bonds is 4. The van der Waals surface area contributed by atoms with Crippen LogP contribution in [-0.4, -0.2) is 30.9 Å². The first-order chi connectivity index (χ1) is 7.22. The monoisotopic (exact) mass is 306 g/mol. The maximum absolute atomic E-state index is 11.5. The van der Waals surface area contributed by atoms with Gasteiger partial charge in [-0.15, -0.1) is 0 Å². The molecule has 4 nitrogen and oxygen atoms in total. The predicted molar refractivity (Wildman–Crippen MR) is 69.3 cm³/mol. The normalized spacial score (nSPS) is 12.5. The van der Waals surface area contributed by atoms with E-state index in [1.165, 1.54) is 6.26 Å². The number of halogens is 1. The smallest absolute Gasteiger partial charge is 0.154 e. The van der Waals surface area contributed by atoms with Crippen LogP contribution < -0.4 is 5.32 Å². The number of nitrogens with one attached hydrogen (secondary N) is 1. The maximum atomic E-state index is 11.5. The zero-order valence-corrected chi connectivity index (χ0v) is 11.9. The van der Waals surface area contributed by atoms with E-state index < -0.39 is 14.6 Å². The molecule has 1 aromatic heterocycles. The molecule has 0 amide bonds. The molecule has 0 bridgehead atoms. The Morgan fingerprint density at radius 3 is 2.50 bits per heavy atom. The lowest BCUT2D eigenvalue weighted by molar-refractivity contribution is 0.559. The molecule has 6 heteroatoms. The van der Waals surface area contributed by atoms with Gasteiger partial charge in [0.25, 0.3) is 0 Å². The highest BCUT2D eigenvalue weighted by molar-refractivity contribution is 9.10. The summed E-state index contributed by atoms with van der Waals surface area (Å²) in [4.78, 5) is 4.11. The van der Waals surface area contributed by atoms with Crippen LogP contribution in [0.15, 0.2) is 22.8 Å². The van der Waals surface area contributed by atoms with E-state index in [9.17, 15) is 8.42 Å². The Labute approximate surface area is 105 Å². The lowest BCUT2D eigenvalue weighted by atomic mass is 10.2. The Balaban J connectivity index is 2.68. The molecule has 0 saturated carbocycles. The average molecular weight is 307 g/mol. The van der Waals surface area contributed by atoms with Crippen molar-refractivity contribution in [1.82, 2.24) is 4.98 Å². The molecule has 0 saturated heterocycles. The van der Waals surface area contributed by atoms with Gasteiger partial charge in [-0.2, -0.15) is 0 Å². The van der Waals surface area contributed by atoms with Crippen LogP contribution in [0.2, 0.25) is 0 Å². The van der Waals surface area contributed by atoms with Crippen molar-refractivity contribution in [3.8, 4) is 0 Å². The van der Waals surface area contributed by atoms with Gasteiger partial charge in [-0.1, -0.05) is 0 Å². The number of nitrogens with zero attached hydrogens (tertiary/aromatic N) is 1. The minimum Gasteiger partial charge on any atom is -0.369 e. The zero-order chi connectivity index (χ0) is 12.4. The van der Waals surface area contributed by atoms with E-state index >= 15 is 0 Å². The zero-order valence-electron chi connectivity index (χ0n) is 9.49. The van der Waals surface area contributed by atoms with Crippen molar-refractivity contribution in [3.05, 3.63) is 22.8 Å². The molecule has 0 radical (unpaired) electrons. The summed E-state index contributed by atoms with van der Waals surface area (Å²) in [7, 11) is -3.08. The summed E-state index contributed by atoms with van der Waals surface area (Å²) in [6.07, 6.45) is 2.90. The van der Waals surface area contributed by atoms with Crippen LogP contribution in [0.4, 0.5) is 5.82 Å². The number of hydrogen-bond acceptors (Lipinski definition) is 4. The second-order valence-corrected chi connectivity index (χ2v) is 7.81. The minimum absolute atomic E-state index is 0.334. The van der Waals surface area contributed by atoms with Crippen LogP contribution in [0.25, 0.3) is 0 Å². The van der Waals surface area contributed by atoms with Gasteiger partial charge in [-0.25, -0.2) is 13.4 Å². The first-order valence-corrected chi connectivity index (χ1v) is 7.46. The third-order valence-corrected chi connectivity index (χ3v) is 5.05. The van der Waals surface area contributed by atoms with Crippen molar-refractivity contribution in [3.63, 3.8) is 0 Å². The van der Waals surface area contributed by atoms with Crippen LogP contribution in [0, 0.1) is 0 Å². The average Bonchev–Trinajstić information content (AvgIpc) is 2.15. The summed E-state index contributed by atoms with van der Waals surface area (Å²) in [6, 6.07) is 3.64. The van der Waals surface area contributed by atoms with E-state index in [1.54, 1.807) is 26.1 Å². The van der Waals surface area contributed by atoms with Gasteiger partial charge in [0.1, 0.15) is 5.82 Å². The van der Waals surface area contributed by atoms with E-state index in [1.807, 2.05) is 6.07 Å². The first-order valence-electron chi connectivity index (χ1n) is 4.77. The number of hydrogen-bond donors (Lipinski definition) is 1. The summed E-state index contributed by atoms with van der Waals surface area (Å²) in [5, 5.41) is 3.01. The molecular weight excluding hydrogens is 292 g/mol. The van der Waals surface area contributed by atoms with Crippen molar-refractivity contribution in [2.45, 2.75) is 18.6 Å². The highest BCUT2D eigenvalue weighted by Gasteiger charge is 2.29. The Morgan fingerprint density at radius 2 is 2.06 bits per heavy atom. The molecule has 0 spiro atoms. The third-order valence-electron chi connectivity index (χ3n) is 2.43. The number of pyridine rings is 1. The molecule has 1 aromatic rings. The van der Waals surface area contributed by atoms with Gasteiger partial charge in [0.05, 0.1) is 4.75 Å². The lowest BCUT2D eigenvalue weighted by Gasteiger charge is -2.22. The number of anilines is 1. The highest BCUT2D eigenvalue weighted by atomic mass is 79.9. The summed E-state index contributed by atoms with van der Waals surface area (Å²) < 4.78 is 23.0. The van der Waals surface area contributed by atoms with Gasteiger partial charge < -0.3 is 5.32 Å². The van der Waals surface area contributed by atoms with Crippen molar-refractivity contribution >= 4 is 31.6 Å². The van der Waals surface area contributed by atoms with E-state index in [2.05, 4.69) is 26.2 Å². The largest absolute Gasteiger partial charge is 0.369 e. The molecule has 0 aliphatic carbocycles. The Kier molecular flexibility index (Phi) is 3.96. The van der Waals surface area contributed by atoms with Crippen molar-refractivity contribution < 1.29 is 8.42 Å². The fraction of sp³-hybridized carbons (Fsp3) is 0.500. The van der Waals surface area contributed by atoms with Crippen molar-refractivity contribution in [1.29, 1.82) is 0 Å². The summed E-state index contributed by atoms with van der Waals surface area (Å²) in [6.45, 7) is 3.71. The molecule has 0 aromatic carbocycles. The van der Waals surface area contributed by atoms with E-state index in [0.29, 0.717) is 12.4 Å². The molecule has 1 rings (SSSR count). The van der Waals surface area contributed by atoms with Crippen LogP contribution in [0.1, 0.15) is 13.8 Å². The highest BCUT2D eigenvalue weighted by Crippen LogP contribution is 2.16. The SMILES string of the molecule is CC(C)(CNc1ccc(Br)cn1)S(C)(=O)=O. The van der Waals surface area contributed by atoms with Gasteiger partial charge in [0.2, 0.25) is 0 Å². The Hall–Kier alpha value is -0.620. The fourth-order valence-corrected chi connectivity index (χ4v) is 1.48. The van der Waals surface area contributed by atoms with Gasteiger partial charge in [-0.3, -0.25) is 0 Å². The minimum atomic E-state index is -3.08. The Morgan fingerprint density at radius 1 is 1.44 bits per heavy atom. The van der Waals surface area contributed by atoms with Crippen molar-refractivity contribution in [2.24, 2.45) is 0 Å². The van der Waals surface area contributed by atoms with E-state index in [4.69, 9.17) is 0 Å². The molecular formula is C10H15BrN2O2S. The molecule has 1 N–H and O–H groups in total. The first kappa shape index (κ1) is 13.4. The van der Waals surface area contributed by atoms with Gasteiger partial charge in [0, 0.05) is 23.5 Å². The topological polar surface area (TPSA) is 59.1 Å². The fourth-order valence-electron chi connectivity index (χ4n) is 0.915. The molecule has 1 heterocycles. The standard InChI is InChI=1S/C10H15BrN2O2S/c1-10(2,16(3,14)15)7-13-9-5-4-8(11)6-12-9/h4-6H,7H2,1-3H3,(H,12,13). The summed E-state index contributed by atoms with van der Waals surface area (Å²) >= 11 is 3.28. The van der Waals surface area contributed by atoms with Crippen LogP contribution in [0.5, 0.6) is 0 Å². The number of aromatic nitrogens is 1. The van der Waals surface area contributed by atoms with Gasteiger partial charge in [-0.05, 0) is 41.9 Å². The molecule has 0 aliphatic heterocycles. The second-order valence-electron chi connectivity index (χ2n) is 4.25. The molecule has 16 heavy (non-hydrogen) atoms. The van der Waals surface area contributed by atoms with E-state index in [0.717, 1.165) is 4.47 Å². The van der Waals surface area contributed by atoms with Crippen LogP contribution in [-0.2, 0) is 9.84 Å². The molecule has 0 atom stereocenters. The maximum Gasteiger partial charge on any atom is 0.154 e. The molecule has 0 unspecified atom stereocenters. The van der Waals surface area contributed by atoms with Gasteiger partial charge in [0.15, 0.2) is 9.84 Å². The quantitative estimate of drug-likeness (QED) is 0.925. The predicted octanol–water partition coefficient (Wildman–Crippen LogP) is 2.08. The van der Waals surface area contributed by atoms with E-state index in [-0.39, 0.29) is 0 Å². The molecule has 90 valence electrons. The third kappa shape index (κ3) is 3.45. The lowest BCUT2D eigenvalue weighted by Crippen LogP contribution is -2.38. The van der Waals surface area contributed by atoms with Crippen molar-refractivity contribution in [2.75, 3.05) is 18.1 Å². The van der Waals surface area contributed by atoms with Gasteiger partial charge >= 0.3 is 0 Å². The molecule has 0 fully saturated rings.